The van der Waals surface area contributed by atoms with Crippen LogP contribution < -0.4 is 4.74 Å². The molecule has 0 radical (unpaired) electrons. The first-order valence-corrected chi connectivity index (χ1v) is 5.80. The van der Waals surface area contributed by atoms with Crippen LogP contribution in [0.25, 0.3) is 0 Å². The van der Waals surface area contributed by atoms with Crippen molar-refractivity contribution in [2.75, 3.05) is 0 Å². The smallest absolute Gasteiger partial charge is 0.129 e. The summed E-state index contributed by atoms with van der Waals surface area (Å²) in [7, 11) is 0. The van der Waals surface area contributed by atoms with Gasteiger partial charge in [0.1, 0.15) is 11.4 Å². The van der Waals surface area contributed by atoms with Gasteiger partial charge in [-0.25, -0.2) is 0 Å². The lowest BCUT2D eigenvalue weighted by molar-refractivity contribution is -0.00544. The first-order valence-electron chi connectivity index (χ1n) is 5.42. The number of rotatable bonds is 0. The SMILES string of the molecule is O/N=C1\CC2(CCC2)Oc2ccc(Cl)cc21. The zero-order valence-electron chi connectivity index (χ0n) is 8.74. The van der Waals surface area contributed by atoms with E-state index >= 15 is 0 Å². The van der Waals surface area contributed by atoms with Crippen LogP contribution in [0.2, 0.25) is 5.02 Å². The third kappa shape index (κ3) is 1.39. The van der Waals surface area contributed by atoms with E-state index in [1.165, 1.54) is 6.42 Å². The van der Waals surface area contributed by atoms with Crippen LogP contribution >= 0.6 is 11.6 Å². The molecule has 4 heteroatoms. The average Bonchev–Trinajstić information content (AvgIpc) is 2.25. The zero-order chi connectivity index (χ0) is 11.2. The highest BCUT2D eigenvalue weighted by Crippen LogP contribution is 2.45. The minimum absolute atomic E-state index is 0.123. The second-order valence-electron chi connectivity index (χ2n) is 4.50. The Hall–Kier alpha value is -1.22. The van der Waals surface area contributed by atoms with Gasteiger partial charge in [0.2, 0.25) is 0 Å². The molecule has 0 saturated heterocycles. The summed E-state index contributed by atoms with van der Waals surface area (Å²) in [6, 6.07) is 5.44. The predicted molar refractivity (Wildman–Crippen MR) is 61.6 cm³/mol. The molecule has 0 bridgehead atoms. The summed E-state index contributed by atoms with van der Waals surface area (Å²) in [5.74, 6) is 0.781. The maximum Gasteiger partial charge on any atom is 0.129 e. The van der Waals surface area contributed by atoms with Gasteiger partial charge in [0.25, 0.3) is 0 Å². The van der Waals surface area contributed by atoms with E-state index in [0.29, 0.717) is 17.2 Å². The largest absolute Gasteiger partial charge is 0.486 e. The summed E-state index contributed by atoms with van der Waals surface area (Å²) in [5, 5.41) is 13.1. The number of fused-ring (bicyclic) bond motifs is 1. The van der Waals surface area contributed by atoms with Crippen molar-refractivity contribution in [2.24, 2.45) is 5.16 Å². The van der Waals surface area contributed by atoms with Crippen molar-refractivity contribution < 1.29 is 9.94 Å². The Morgan fingerprint density at radius 2 is 2.19 bits per heavy atom. The Balaban J connectivity index is 2.08. The molecule has 1 N–H and O–H groups in total. The van der Waals surface area contributed by atoms with Crippen LogP contribution in [0.5, 0.6) is 5.75 Å². The molecule has 1 heterocycles. The fraction of sp³-hybridized carbons (Fsp3) is 0.417. The molecule has 1 saturated carbocycles. The number of benzene rings is 1. The first kappa shape index (κ1) is 9.97. The molecular formula is C12H12ClNO2. The highest BCUT2D eigenvalue weighted by atomic mass is 35.5. The molecule has 3 nitrogen and oxygen atoms in total. The Morgan fingerprint density at radius 1 is 1.38 bits per heavy atom. The third-order valence-corrected chi connectivity index (χ3v) is 3.69. The number of ether oxygens (including phenoxy) is 1. The van der Waals surface area contributed by atoms with Gasteiger partial charge < -0.3 is 9.94 Å². The fourth-order valence-corrected chi connectivity index (χ4v) is 2.60. The number of oxime groups is 1. The van der Waals surface area contributed by atoms with Crippen molar-refractivity contribution in [3.8, 4) is 5.75 Å². The molecule has 1 aromatic carbocycles. The lowest BCUT2D eigenvalue weighted by Crippen LogP contribution is -2.47. The standard InChI is InChI=1S/C12H12ClNO2/c13-8-2-3-11-9(6-8)10(14-15)7-12(16-11)4-1-5-12/h2-3,6,15H,1,4-5,7H2/b14-10+. The van der Waals surface area contributed by atoms with Crippen molar-refractivity contribution in [1.29, 1.82) is 0 Å². The van der Waals surface area contributed by atoms with Crippen molar-refractivity contribution in [3.05, 3.63) is 28.8 Å². The summed E-state index contributed by atoms with van der Waals surface area (Å²) < 4.78 is 5.99. The molecule has 16 heavy (non-hydrogen) atoms. The molecule has 0 amide bonds. The normalized spacial score (nSPS) is 23.7. The molecule has 2 aliphatic rings. The highest BCUT2D eigenvalue weighted by Gasteiger charge is 2.44. The monoisotopic (exact) mass is 237 g/mol. The van der Waals surface area contributed by atoms with E-state index in [9.17, 15) is 0 Å². The quantitative estimate of drug-likeness (QED) is 0.556. The van der Waals surface area contributed by atoms with Gasteiger partial charge in [0.15, 0.2) is 0 Å². The summed E-state index contributed by atoms with van der Waals surface area (Å²) >= 11 is 5.93. The van der Waals surface area contributed by atoms with Crippen LogP contribution in [0.4, 0.5) is 0 Å². The predicted octanol–water partition coefficient (Wildman–Crippen LogP) is 3.22. The van der Waals surface area contributed by atoms with Crippen LogP contribution in [-0.4, -0.2) is 16.5 Å². The summed E-state index contributed by atoms with van der Waals surface area (Å²) in [5.41, 5.74) is 1.37. The van der Waals surface area contributed by atoms with E-state index in [0.717, 1.165) is 24.2 Å². The number of halogens is 1. The fourth-order valence-electron chi connectivity index (χ4n) is 2.43. The van der Waals surface area contributed by atoms with Crippen LogP contribution in [0.15, 0.2) is 23.4 Å². The molecule has 1 spiro atoms. The van der Waals surface area contributed by atoms with E-state index in [4.69, 9.17) is 21.5 Å². The minimum atomic E-state index is -0.123. The van der Waals surface area contributed by atoms with E-state index < -0.39 is 0 Å². The summed E-state index contributed by atoms with van der Waals surface area (Å²) in [4.78, 5) is 0. The molecular weight excluding hydrogens is 226 g/mol. The second-order valence-corrected chi connectivity index (χ2v) is 4.94. The van der Waals surface area contributed by atoms with Gasteiger partial charge in [-0.3, -0.25) is 0 Å². The van der Waals surface area contributed by atoms with E-state index in [-0.39, 0.29) is 5.60 Å². The lowest BCUT2D eigenvalue weighted by Gasteiger charge is -2.45. The van der Waals surface area contributed by atoms with Crippen molar-refractivity contribution in [1.82, 2.24) is 0 Å². The van der Waals surface area contributed by atoms with Crippen LogP contribution in [0.1, 0.15) is 31.2 Å². The zero-order valence-corrected chi connectivity index (χ0v) is 9.50. The van der Waals surface area contributed by atoms with E-state index in [2.05, 4.69) is 5.16 Å². The van der Waals surface area contributed by atoms with Crippen molar-refractivity contribution >= 4 is 17.3 Å². The summed E-state index contributed by atoms with van der Waals surface area (Å²) in [6.45, 7) is 0. The van der Waals surface area contributed by atoms with Crippen molar-refractivity contribution in [3.63, 3.8) is 0 Å². The number of nitrogens with zero attached hydrogens (tertiary/aromatic N) is 1. The Bertz CT molecular complexity index is 466. The highest BCUT2D eigenvalue weighted by molar-refractivity contribution is 6.31. The van der Waals surface area contributed by atoms with Crippen LogP contribution in [-0.2, 0) is 0 Å². The third-order valence-electron chi connectivity index (χ3n) is 3.45. The number of hydrogen-bond acceptors (Lipinski definition) is 3. The van der Waals surface area contributed by atoms with E-state index in [1.807, 2.05) is 6.07 Å². The lowest BCUT2D eigenvalue weighted by atomic mass is 9.74. The topological polar surface area (TPSA) is 41.8 Å². The molecule has 0 aromatic heterocycles. The maximum absolute atomic E-state index is 9.07. The van der Waals surface area contributed by atoms with Gasteiger partial charge in [-0.15, -0.1) is 0 Å². The summed E-state index contributed by atoms with van der Waals surface area (Å²) in [6.07, 6.45) is 3.93. The molecule has 84 valence electrons. The minimum Gasteiger partial charge on any atom is -0.486 e. The second kappa shape index (κ2) is 3.39. The Labute approximate surface area is 98.7 Å². The van der Waals surface area contributed by atoms with Crippen LogP contribution in [0, 0.1) is 0 Å². The van der Waals surface area contributed by atoms with Gasteiger partial charge in [0.05, 0.1) is 5.71 Å². The van der Waals surface area contributed by atoms with Gasteiger partial charge in [-0.05, 0) is 37.5 Å². The Kier molecular flexibility index (Phi) is 2.11. The van der Waals surface area contributed by atoms with Gasteiger partial charge >= 0.3 is 0 Å². The first-order chi connectivity index (χ1) is 7.72. The molecule has 1 fully saturated rings. The van der Waals surface area contributed by atoms with E-state index in [1.54, 1.807) is 12.1 Å². The molecule has 0 atom stereocenters. The number of hydrogen-bond donors (Lipinski definition) is 1. The van der Waals surface area contributed by atoms with Gasteiger partial charge in [-0.1, -0.05) is 16.8 Å². The maximum atomic E-state index is 9.07. The average molecular weight is 238 g/mol. The molecule has 3 rings (SSSR count). The molecule has 1 aromatic rings. The molecule has 1 aliphatic heterocycles. The Morgan fingerprint density at radius 3 is 2.81 bits per heavy atom. The van der Waals surface area contributed by atoms with Crippen molar-refractivity contribution in [2.45, 2.75) is 31.3 Å². The van der Waals surface area contributed by atoms with Gasteiger partial charge in [0, 0.05) is 17.0 Å². The van der Waals surface area contributed by atoms with Crippen LogP contribution in [0.3, 0.4) is 0 Å². The molecule has 1 aliphatic carbocycles. The molecule has 0 unspecified atom stereocenters. The van der Waals surface area contributed by atoms with Gasteiger partial charge in [-0.2, -0.15) is 0 Å².